The van der Waals surface area contributed by atoms with E-state index in [9.17, 15) is 9.90 Å². The Morgan fingerprint density at radius 1 is 1.48 bits per heavy atom. The molecule has 0 spiro atoms. The summed E-state index contributed by atoms with van der Waals surface area (Å²) < 4.78 is 0. The highest BCUT2D eigenvalue weighted by molar-refractivity contribution is 7.80. The Balaban J connectivity index is 2.21. The van der Waals surface area contributed by atoms with E-state index in [2.05, 4.69) is 10.2 Å². The Labute approximate surface area is 134 Å². The molecule has 7 heteroatoms. The summed E-state index contributed by atoms with van der Waals surface area (Å²) in [5.74, 6) is -0.562. The third kappa shape index (κ3) is 3.45. The largest absolute Gasteiger partial charge is 0.507 e. The summed E-state index contributed by atoms with van der Waals surface area (Å²) in [6.45, 7) is 1.59. The number of halogens is 1. The van der Waals surface area contributed by atoms with Gasteiger partial charge in [0.05, 0.1) is 16.1 Å². The zero-order valence-corrected chi connectivity index (χ0v) is 13.3. The number of thiocarbonyl (C=S) groups is 1. The van der Waals surface area contributed by atoms with Crippen molar-refractivity contribution < 1.29 is 9.90 Å². The van der Waals surface area contributed by atoms with E-state index in [0.717, 1.165) is 13.1 Å². The van der Waals surface area contributed by atoms with Crippen molar-refractivity contribution >= 4 is 34.7 Å². The lowest BCUT2D eigenvalue weighted by Crippen LogP contribution is -2.61. The number of hydrogen-bond donors (Lipinski definition) is 3. The SMILES string of the molecule is CN1CCC(NC(=O)c2ccc(Cl)cc2O)(C(N)=S)CC1. The fraction of sp³-hybridized carbons (Fsp3) is 0.429. The second kappa shape index (κ2) is 6.17. The number of phenolic OH excluding ortho intramolecular Hbond substituents is 1. The summed E-state index contributed by atoms with van der Waals surface area (Å²) in [7, 11) is 2.01. The molecule has 1 aliphatic heterocycles. The van der Waals surface area contributed by atoms with Crippen molar-refractivity contribution in [1.82, 2.24) is 10.2 Å². The van der Waals surface area contributed by atoms with E-state index in [0.29, 0.717) is 17.9 Å². The molecule has 5 nitrogen and oxygen atoms in total. The average molecular weight is 328 g/mol. The highest BCUT2D eigenvalue weighted by Crippen LogP contribution is 2.26. The summed E-state index contributed by atoms with van der Waals surface area (Å²) in [4.78, 5) is 14.8. The number of hydrogen-bond acceptors (Lipinski definition) is 4. The van der Waals surface area contributed by atoms with E-state index in [4.69, 9.17) is 29.6 Å². The van der Waals surface area contributed by atoms with Crippen LogP contribution in [0.5, 0.6) is 5.75 Å². The average Bonchev–Trinajstić information content (AvgIpc) is 2.41. The number of carbonyl (C=O) groups is 1. The van der Waals surface area contributed by atoms with Crippen LogP contribution in [-0.2, 0) is 0 Å². The maximum atomic E-state index is 12.4. The predicted molar refractivity (Wildman–Crippen MR) is 86.8 cm³/mol. The Kier molecular flexibility index (Phi) is 4.70. The summed E-state index contributed by atoms with van der Waals surface area (Å²) in [5, 5.41) is 13.1. The lowest BCUT2D eigenvalue weighted by molar-refractivity contribution is 0.0887. The van der Waals surface area contributed by atoms with Gasteiger partial charge >= 0.3 is 0 Å². The first-order valence-electron chi connectivity index (χ1n) is 6.63. The van der Waals surface area contributed by atoms with Crippen molar-refractivity contribution in [2.24, 2.45) is 5.73 Å². The van der Waals surface area contributed by atoms with Crippen molar-refractivity contribution in [1.29, 1.82) is 0 Å². The number of nitrogens with zero attached hydrogens (tertiary/aromatic N) is 1. The Morgan fingerprint density at radius 3 is 2.62 bits per heavy atom. The van der Waals surface area contributed by atoms with E-state index in [1.54, 1.807) is 6.07 Å². The van der Waals surface area contributed by atoms with Gasteiger partial charge in [0.25, 0.3) is 5.91 Å². The summed E-state index contributed by atoms with van der Waals surface area (Å²) in [5.41, 5.74) is 5.31. The molecule has 2 rings (SSSR count). The quantitative estimate of drug-likeness (QED) is 0.734. The van der Waals surface area contributed by atoms with E-state index >= 15 is 0 Å². The van der Waals surface area contributed by atoms with Crippen LogP contribution in [0.3, 0.4) is 0 Å². The van der Waals surface area contributed by atoms with Crippen molar-refractivity contribution in [3.8, 4) is 5.75 Å². The number of carbonyl (C=O) groups excluding carboxylic acids is 1. The number of amides is 1. The highest BCUT2D eigenvalue weighted by Gasteiger charge is 2.38. The van der Waals surface area contributed by atoms with Crippen molar-refractivity contribution in [3.05, 3.63) is 28.8 Å². The lowest BCUT2D eigenvalue weighted by Gasteiger charge is -2.40. The van der Waals surface area contributed by atoms with E-state index < -0.39 is 11.4 Å². The minimum absolute atomic E-state index is 0.161. The van der Waals surface area contributed by atoms with Crippen LogP contribution in [-0.4, -0.2) is 46.6 Å². The van der Waals surface area contributed by atoms with Crippen LogP contribution < -0.4 is 11.1 Å². The molecule has 0 aliphatic carbocycles. The zero-order chi connectivity index (χ0) is 15.6. The van der Waals surface area contributed by atoms with Crippen LogP contribution in [0.25, 0.3) is 0 Å². The van der Waals surface area contributed by atoms with Crippen LogP contribution in [0.1, 0.15) is 23.2 Å². The Hall–Kier alpha value is -1.37. The number of aromatic hydroxyl groups is 1. The minimum atomic E-state index is -0.703. The zero-order valence-electron chi connectivity index (χ0n) is 11.7. The number of rotatable bonds is 3. The summed E-state index contributed by atoms with van der Waals surface area (Å²) in [6, 6.07) is 4.37. The van der Waals surface area contributed by atoms with Gasteiger partial charge < -0.3 is 21.1 Å². The third-order valence-corrected chi connectivity index (χ3v) is 4.50. The van der Waals surface area contributed by atoms with Gasteiger partial charge in [-0.25, -0.2) is 0 Å². The number of benzene rings is 1. The lowest BCUT2D eigenvalue weighted by atomic mass is 9.87. The second-order valence-electron chi connectivity index (χ2n) is 5.37. The molecule has 21 heavy (non-hydrogen) atoms. The smallest absolute Gasteiger partial charge is 0.255 e. The normalized spacial score (nSPS) is 18.2. The molecular weight excluding hydrogens is 310 g/mol. The van der Waals surface area contributed by atoms with Gasteiger partial charge in [-0.05, 0) is 38.1 Å². The number of nitrogens with two attached hydrogens (primary N) is 1. The van der Waals surface area contributed by atoms with Gasteiger partial charge in [-0.15, -0.1) is 0 Å². The predicted octanol–water partition coefficient (Wildman–Crippen LogP) is 1.53. The van der Waals surface area contributed by atoms with Crippen LogP contribution >= 0.6 is 23.8 Å². The fourth-order valence-electron chi connectivity index (χ4n) is 2.41. The van der Waals surface area contributed by atoms with Gasteiger partial charge in [-0.3, -0.25) is 4.79 Å². The number of piperidine rings is 1. The monoisotopic (exact) mass is 327 g/mol. The molecule has 114 valence electrons. The molecule has 0 saturated carbocycles. The molecule has 1 amide bonds. The Bertz CT molecular complexity index is 571. The molecule has 0 atom stereocenters. The molecule has 1 fully saturated rings. The minimum Gasteiger partial charge on any atom is -0.507 e. The van der Waals surface area contributed by atoms with Crippen LogP contribution in [0.15, 0.2) is 18.2 Å². The topological polar surface area (TPSA) is 78.6 Å². The fourth-order valence-corrected chi connectivity index (χ4v) is 2.84. The molecular formula is C14H18ClN3O2S. The van der Waals surface area contributed by atoms with Gasteiger partial charge in [0.2, 0.25) is 0 Å². The highest BCUT2D eigenvalue weighted by atomic mass is 35.5. The maximum Gasteiger partial charge on any atom is 0.255 e. The van der Waals surface area contributed by atoms with E-state index in [1.807, 2.05) is 7.05 Å². The van der Waals surface area contributed by atoms with Gasteiger partial charge in [-0.2, -0.15) is 0 Å². The number of nitrogens with one attached hydrogen (secondary N) is 1. The third-order valence-electron chi connectivity index (χ3n) is 3.87. The standard InChI is InChI=1S/C14H18ClN3O2S/c1-18-6-4-14(5-7-18,13(16)21)17-12(20)10-3-2-9(15)8-11(10)19/h2-3,8,19H,4-7H2,1H3,(H2,16,21)(H,17,20). The van der Waals surface area contributed by atoms with Crippen molar-refractivity contribution in [2.75, 3.05) is 20.1 Å². The number of phenols is 1. The molecule has 1 aromatic rings. The molecule has 1 heterocycles. The van der Waals surface area contributed by atoms with Crippen LogP contribution in [0.2, 0.25) is 5.02 Å². The maximum absolute atomic E-state index is 12.4. The van der Waals surface area contributed by atoms with Gasteiger partial charge in [-0.1, -0.05) is 23.8 Å². The Morgan fingerprint density at radius 2 is 2.10 bits per heavy atom. The van der Waals surface area contributed by atoms with Crippen molar-refractivity contribution in [2.45, 2.75) is 18.4 Å². The van der Waals surface area contributed by atoms with Gasteiger partial charge in [0, 0.05) is 18.1 Å². The molecule has 4 N–H and O–H groups in total. The molecule has 1 aliphatic rings. The van der Waals surface area contributed by atoms with E-state index in [-0.39, 0.29) is 16.3 Å². The molecule has 0 aromatic heterocycles. The molecule has 0 radical (unpaired) electrons. The summed E-state index contributed by atoms with van der Waals surface area (Å²) >= 11 is 10.9. The van der Waals surface area contributed by atoms with Crippen molar-refractivity contribution in [3.63, 3.8) is 0 Å². The molecule has 0 unspecified atom stereocenters. The first-order valence-corrected chi connectivity index (χ1v) is 7.42. The molecule has 1 aromatic carbocycles. The first kappa shape index (κ1) is 16.0. The van der Waals surface area contributed by atoms with Crippen LogP contribution in [0, 0.1) is 0 Å². The first-order chi connectivity index (χ1) is 9.84. The van der Waals surface area contributed by atoms with E-state index in [1.165, 1.54) is 12.1 Å². The number of likely N-dealkylation sites (tertiary alicyclic amines) is 1. The molecule has 0 bridgehead atoms. The van der Waals surface area contributed by atoms with Crippen LogP contribution in [0.4, 0.5) is 0 Å². The van der Waals surface area contributed by atoms with Gasteiger partial charge in [0.15, 0.2) is 0 Å². The summed E-state index contributed by atoms with van der Waals surface area (Å²) in [6.07, 6.45) is 1.30. The second-order valence-corrected chi connectivity index (χ2v) is 6.24. The van der Waals surface area contributed by atoms with Gasteiger partial charge in [0.1, 0.15) is 5.75 Å². The molecule has 1 saturated heterocycles.